The standard InChI is InChI=1S/C13H29N3.HI/c1-7-11(4)16-12(14)15-9-13(5,6)8-10(2)3;/h10-11H,7-9H2,1-6H3,(H3,14,15,16);1H. The van der Waals surface area contributed by atoms with Gasteiger partial charge in [-0.25, -0.2) is 0 Å². The number of rotatable bonds is 6. The van der Waals surface area contributed by atoms with Gasteiger partial charge in [0.2, 0.25) is 0 Å². The van der Waals surface area contributed by atoms with E-state index in [9.17, 15) is 0 Å². The van der Waals surface area contributed by atoms with Crippen molar-refractivity contribution in [3.63, 3.8) is 0 Å². The lowest BCUT2D eigenvalue weighted by molar-refractivity contribution is 0.298. The Hall–Kier alpha value is 0. The molecule has 0 aliphatic heterocycles. The van der Waals surface area contributed by atoms with E-state index in [0.717, 1.165) is 13.0 Å². The van der Waals surface area contributed by atoms with Gasteiger partial charge in [-0.2, -0.15) is 0 Å². The molecule has 1 atom stereocenters. The molecule has 0 aromatic heterocycles. The maximum atomic E-state index is 5.83. The minimum atomic E-state index is 0. The minimum Gasteiger partial charge on any atom is -0.370 e. The molecule has 0 aliphatic carbocycles. The number of aliphatic imine (C=N–C) groups is 1. The molecule has 0 spiro atoms. The summed E-state index contributed by atoms with van der Waals surface area (Å²) in [5.74, 6) is 1.28. The Morgan fingerprint density at radius 3 is 2.24 bits per heavy atom. The Morgan fingerprint density at radius 2 is 1.82 bits per heavy atom. The summed E-state index contributed by atoms with van der Waals surface area (Å²) in [7, 11) is 0. The Kier molecular flexibility index (Phi) is 10.2. The highest BCUT2D eigenvalue weighted by atomic mass is 127. The van der Waals surface area contributed by atoms with Gasteiger partial charge in [0.25, 0.3) is 0 Å². The van der Waals surface area contributed by atoms with Gasteiger partial charge in [0.05, 0.1) is 0 Å². The van der Waals surface area contributed by atoms with E-state index >= 15 is 0 Å². The summed E-state index contributed by atoms with van der Waals surface area (Å²) in [6, 6.07) is 0.400. The molecule has 0 heterocycles. The van der Waals surface area contributed by atoms with Crippen molar-refractivity contribution in [1.82, 2.24) is 5.32 Å². The fourth-order valence-corrected chi connectivity index (χ4v) is 1.87. The highest BCUT2D eigenvalue weighted by Gasteiger charge is 2.19. The SMILES string of the molecule is CCC(C)NC(N)=NCC(C)(C)CC(C)C.I. The lowest BCUT2D eigenvalue weighted by Crippen LogP contribution is -2.38. The molecule has 0 rings (SSSR count). The molecular formula is C13H30IN3. The van der Waals surface area contributed by atoms with Crippen LogP contribution in [0.1, 0.15) is 54.4 Å². The molecule has 0 saturated heterocycles. The zero-order valence-electron chi connectivity index (χ0n) is 12.2. The molecule has 3 nitrogen and oxygen atoms in total. The number of halogens is 1. The number of nitrogens with one attached hydrogen (secondary N) is 1. The smallest absolute Gasteiger partial charge is 0.188 e. The van der Waals surface area contributed by atoms with Crippen molar-refractivity contribution in [2.75, 3.05) is 6.54 Å². The molecule has 0 aromatic rings. The molecule has 4 heteroatoms. The Balaban J connectivity index is 0. The van der Waals surface area contributed by atoms with Gasteiger partial charge in [-0.1, -0.05) is 34.6 Å². The largest absolute Gasteiger partial charge is 0.370 e. The van der Waals surface area contributed by atoms with Crippen LogP contribution in [-0.2, 0) is 0 Å². The summed E-state index contributed by atoms with van der Waals surface area (Å²) in [5.41, 5.74) is 6.06. The zero-order valence-corrected chi connectivity index (χ0v) is 14.5. The third-order valence-electron chi connectivity index (χ3n) is 2.64. The monoisotopic (exact) mass is 355 g/mol. The predicted octanol–water partition coefficient (Wildman–Crippen LogP) is 3.38. The van der Waals surface area contributed by atoms with Gasteiger partial charge in [0.15, 0.2) is 5.96 Å². The van der Waals surface area contributed by atoms with Crippen molar-refractivity contribution in [2.24, 2.45) is 22.1 Å². The van der Waals surface area contributed by atoms with Crippen LogP contribution in [0.3, 0.4) is 0 Å². The van der Waals surface area contributed by atoms with Crippen LogP contribution in [-0.4, -0.2) is 18.5 Å². The molecule has 3 N–H and O–H groups in total. The normalized spacial score (nSPS) is 14.4. The molecule has 1 unspecified atom stereocenters. The first-order chi connectivity index (χ1) is 7.26. The van der Waals surface area contributed by atoms with E-state index in [1.807, 2.05) is 0 Å². The lowest BCUT2D eigenvalue weighted by Gasteiger charge is -2.25. The van der Waals surface area contributed by atoms with Gasteiger partial charge in [-0.3, -0.25) is 4.99 Å². The molecule has 17 heavy (non-hydrogen) atoms. The molecule has 0 fully saturated rings. The first kappa shape index (κ1) is 19.3. The van der Waals surface area contributed by atoms with Crippen molar-refractivity contribution in [1.29, 1.82) is 0 Å². The van der Waals surface area contributed by atoms with Crippen LogP contribution in [0, 0.1) is 11.3 Å². The average Bonchev–Trinajstić information content (AvgIpc) is 2.13. The van der Waals surface area contributed by atoms with E-state index in [4.69, 9.17) is 5.73 Å². The number of nitrogens with zero attached hydrogens (tertiary/aromatic N) is 1. The van der Waals surface area contributed by atoms with Crippen molar-refractivity contribution in [2.45, 2.75) is 60.4 Å². The molecule has 0 aliphatic rings. The summed E-state index contributed by atoms with van der Waals surface area (Å²) >= 11 is 0. The van der Waals surface area contributed by atoms with E-state index < -0.39 is 0 Å². The Labute approximate surface area is 124 Å². The van der Waals surface area contributed by atoms with Crippen molar-refractivity contribution < 1.29 is 0 Å². The molecule has 0 aromatic carbocycles. The van der Waals surface area contributed by atoms with Crippen LogP contribution in [0.15, 0.2) is 4.99 Å². The van der Waals surface area contributed by atoms with Gasteiger partial charge in [-0.15, -0.1) is 24.0 Å². The predicted molar refractivity (Wildman–Crippen MR) is 88.0 cm³/mol. The number of guanidine groups is 1. The van der Waals surface area contributed by atoms with Gasteiger partial charge in [0, 0.05) is 12.6 Å². The second kappa shape index (κ2) is 9.00. The fourth-order valence-electron chi connectivity index (χ4n) is 1.87. The lowest BCUT2D eigenvalue weighted by atomic mass is 9.84. The van der Waals surface area contributed by atoms with E-state index in [0.29, 0.717) is 17.9 Å². The van der Waals surface area contributed by atoms with Crippen LogP contribution in [0.5, 0.6) is 0 Å². The number of hydrogen-bond donors (Lipinski definition) is 2. The first-order valence-electron chi connectivity index (χ1n) is 6.33. The quantitative estimate of drug-likeness (QED) is 0.436. The van der Waals surface area contributed by atoms with Gasteiger partial charge in [-0.05, 0) is 31.1 Å². The van der Waals surface area contributed by atoms with Gasteiger partial charge < -0.3 is 11.1 Å². The van der Waals surface area contributed by atoms with Gasteiger partial charge in [0.1, 0.15) is 0 Å². The van der Waals surface area contributed by atoms with Gasteiger partial charge >= 0.3 is 0 Å². The van der Waals surface area contributed by atoms with E-state index in [-0.39, 0.29) is 29.4 Å². The number of nitrogens with two attached hydrogens (primary N) is 1. The molecule has 104 valence electrons. The fraction of sp³-hybridized carbons (Fsp3) is 0.923. The number of hydrogen-bond acceptors (Lipinski definition) is 1. The second-order valence-electron chi connectivity index (χ2n) is 5.92. The van der Waals surface area contributed by atoms with Crippen LogP contribution >= 0.6 is 24.0 Å². The van der Waals surface area contributed by atoms with Crippen LogP contribution in [0.25, 0.3) is 0 Å². The highest BCUT2D eigenvalue weighted by Crippen LogP contribution is 2.25. The highest BCUT2D eigenvalue weighted by molar-refractivity contribution is 14.0. The van der Waals surface area contributed by atoms with Crippen LogP contribution in [0.4, 0.5) is 0 Å². The zero-order chi connectivity index (χ0) is 12.8. The summed E-state index contributed by atoms with van der Waals surface area (Å²) in [6.45, 7) is 14.0. The summed E-state index contributed by atoms with van der Waals surface area (Å²) < 4.78 is 0. The average molecular weight is 355 g/mol. The molecule has 0 amide bonds. The summed E-state index contributed by atoms with van der Waals surface area (Å²) in [5, 5.41) is 3.18. The van der Waals surface area contributed by atoms with Crippen LogP contribution < -0.4 is 11.1 Å². The topological polar surface area (TPSA) is 50.4 Å². The first-order valence-corrected chi connectivity index (χ1v) is 6.33. The second-order valence-corrected chi connectivity index (χ2v) is 5.92. The molecule has 0 radical (unpaired) electrons. The maximum Gasteiger partial charge on any atom is 0.188 e. The van der Waals surface area contributed by atoms with E-state index in [1.165, 1.54) is 6.42 Å². The van der Waals surface area contributed by atoms with Crippen LogP contribution in [0.2, 0.25) is 0 Å². The third kappa shape index (κ3) is 10.9. The molecule has 0 bridgehead atoms. The maximum absolute atomic E-state index is 5.83. The van der Waals surface area contributed by atoms with Crippen molar-refractivity contribution >= 4 is 29.9 Å². The summed E-state index contributed by atoms with van der Waals surface area (Å²) in [6.07, 6.45) is 2.23. The Morgan fingerprint density at radius 1 is 1.29 bits per heavy atom. The molecular weight excluding hydrogens is 325 g/mol. The van der Waals surface area contributed by atoms with E-state index in [2.05, 4.69) is 51.9 Å². The minimum absolute atomic E-state index is 0. The van der Waals surface area contributed by atoms with Crippen molar-refractivity contribution in [3.8, 4) is 0 Å². The molecule has 0 saturated carbocycles. The van der Waals surface area contributed by atoms with E-state index in [1.54, 1.807) is 0 Å². The Bertz CT molecular complexity index is 225. The third-order valence-corrected chi connectivity index (χ3v) is 2.64. The van der Waals surface area contributed by atoms with Crippen molar-refractivity contribution in [3.05, 3.63) is 0 Å². The summed E-state index contributed by atoms with van der Waals surface area (Å²) in [4.78, 5) is 4.42.